The lowest BCUT2D eigenvalue weighted by Gasteiger charge is -2.19. The molecule has 7 heteroatoms. The Balaban J connectivity index is 2.18. The van der Waals surface area contributed by atoms with Crippen LogP contribution in [0.1, 0.15) is 30.8 Å². The summed E-state index contributed by atoms with van der Waals surface area (Å²) in [5.74, 6) is -1.54. The number of rotatable bonds is 6. The Morgan fingerprint density at radius 2 is 2.09 bits per heavy atom. The second-order valence-electron chi connectivity index (χ2n) is 5.23. The molecule has 0 aliphatic rings. The van der Waals surface area contributed by atoms with Gasteiger partial charge in [0.15, 0.2) is 11.5 Å². The summed E-state index contributed by atoms with van der Waals surface area (Å²) in [7, 11) is 0. The second-order valence-corrected chi connectivity index (χ2v) is 5.64. The van der Waals surface area contributed by atoms with E-state index in [4.69, 9.17) is 16.1 Å². The number of carbonyl (C=O) groups is 2. The lowest BCUT2D eigenvalue weighted by Crippen LogP contribution is -2.45. The Bertz CT molecular complexity index is 714. The molecule has 1 amide bonds. The first kappa shape index (κ1) is 17.0. The van der Waals surface area contributed by atoms with Gasteiger partial charge in [-0.15, -0.1) is 0 Å². The van der Waals surface area contributed by atoms with E-state index in [1.54, 1.807) is 31.2 Å². The van der Waals surface area contributed by atoms with Crippen molar-refractivity contribution in [3.8, 4) is 11.3 Å². The molecule has 0 saturated carbocycles. The number of nitrogens with one attached hydrogen (secondary N) is 1. The average molecular weight is 337 g/mol. The van der Waals surface area contributed by atoms with Gasteiger partial charge in [-0.1, -0.05) is 49.2 Å². The van der Waals surface area contributed by atoms with Crippen molar-refractivity contribution in [1.82, 2.24) is 10.5 Å². The third-order valence-electron chi connectivity index (χ3n) is 3.65. The molecule has 0 unspecified atom stereocenters. The van der Waals surface area contributed by atoms with Crippen molar-refractivity contribution in [3.63, 3.8) is 0 Å². The van der Waals surface area contributed by atoms with E-state index in [0.29, 0.717) is 22.8 Å². The molecular formula is C16H17ClN2O4. The van der Waals surface area contributed by atoms with Gasteiger partial charge in [0.2, 0.25) is 0 Å². The van der Waals surface area contributed by atoms with Gasteiger partial charge in [0.25, 0.3) is 5.91 Å². The van der Waals surface area contributed by atoms with Crippen LogP contribution >= 0.6 is 11.6 Å². The van der Waals surface area contributed by atoms with E-state index in [1.807, 2.05) is 6.92 Å². The van der Waals surface area contributed by atoms with E-state index in [2.05, 4.69) is 10.5 Å². The summed E-state index contributed by atoms with van der Waals surface area (Å²) in [5.41, 5.74) is 0.618. The van der Waals surface area contributed by atoms with Crippen molar-refractivity contribution in [2.24, 2.45) is 5.92 Å². The van der Waals surface area contributed by atoms with E-state index in [0.717, 1.165) is 0 Å². The maximum absolute atomic E-state index is 12.2. The van der Waals surface area contributed by atoms with E-state index < -0.39 is 17.9 Å². The molecular weight excluding hydrogens is 320 g/mol. The van der Waals surface area contributed by atoms with Gasteiger partial charge < -0.3 is 14.9 Å². The average Bonchev–Trinajstić information content (AvgIpc) is 3.01. The summed E-state index contributed by atoms with van der Waals surface area (Å²) >= 11 is 6.07. The molecule has 2 aromatic rings. The van der Waals surface area contributed by atoms with E-state index in [9.17, 15) is 14.7 Å². The number of carboxylic acids is 1. The van der Waals surface area contributed by atoms with Gasteiger partial charge in [-0.2, -0.15) is 0 Å². The molecule has 1 heterocycles. The third-order valence-corrected chi connectivity index (χ3v) is 3.98. The fourth-order valence-corrected chi connectivity index (χ4v) is 2.30. The second kappa shape index (κ2) is 7.28. The molecule has 0 spiro atoms. The number of carboxylic acid groups (broad SMARTS) is 1. The number of aromatic nitrogens is 1. The quantitative estimate of drug-likeness (QED) is 0.844. The van der Waals surface area contributed by atoms with Gasteiger partial charge in [0.1, 0.15) is 6.04 Å². The van der Waals surface area contributed by atoms with E-state index in [-0.39, 0.29) is 11.6 Å². The standard InChI is InChI=1S/C16H17ClN2O4/c1-3-9(2)14(16(21)22)18-15(20)12-8-13(23-19-12)10-6-4-5-7-11(10)17/h4-9,14H,3H2,1-2H3,(H,18,20)(H,21,22)/t9-,14-/m0/s1. The molecule has 23 heavy (non-hydrogen) atoms. The predicted octanol–water partition coefficient (Wildman–Crippen LogP) is 3.22. The SMILES string of the molecule is CC[C@H](C)[C@H](NC(=O)c1cc(-c2ccccc2Cl)on1)C(=O)O. The molecule has 0 saturated heterocycles. The monoisotopic (exact) mass is 336 g/mol. The summed E-state index contributed by atoms with van der Waals surface area (Å²) in [6.45, 7) is 3.62. The zero-order valence-electron chi connectivity index (χ0n) is 12.7. The number of hydrogen-bond donors (Lipinski definition) is 2. The Kier molecular flexibility index (Phi) is 5.39. The predicted molar refractivity (Wildman–Crippen MR) is 85.3 cm³/mol. The minimum absolute atomic E-state index is 0.00877. The molecule has 0 bridgehead atoms. The van der Waals surface area contributed by atoms with Crippen LogP contribution in [0.25, 0.3) is 11.3 Å². The van der Waals surface area contributed by atoms with Crippen LogP contribution in [0.5, 0.6) is 0 Å². The smallest absolute Gasteiger partial charge is 0.326 e. The zero-order chi connectivity index (χ0) is 17.0. The highest BCUT2D eigenvalue weighted by molar-refractivity contribution is 6.33. The van der Waals surface area contributed by atoms with Crippen LogP contribution in [0.15, 0.2) is 34.9 Å². The first-order chi connectivity index (χ1) is 10.9. The largest absolute Gasteiger partial charge is 0.480 e. The molecule has 1 aromatic heterocycles. The van der Waals surface area contributed by atoms with Crippen molar-refractivity contribution in [3.05, 3.63) is 41.0 Å². The number of nitrogens with zero attached hydrogens (tertiary/aromatic N) is 1. The van der Waals surface area contributed by atoms with Crippen molar-refractivity contribution in [2.75, 3.05) is 0 Å². The number of hydrogen-bond acceptors (Lipinski definition) is 4. The fraction of sp³-hybridized carbons (Fsp3) is 0.312. The molecule has 122 valence electrons. The van der Waals surface area contributed by atoms with Crippen LogP contribution in [-0.2, 0) is 4.79 Å². The summed E-state index contributed by atoms with van der Waals surface area (Å²) in [5, 5.41) is 15.8. The first-order valence-electron chi connectivity index (χ1n) is 7.19. The van der Waals surface area contributed by atoms with Gasteiger partial charge in [-0.3, -0.25) is 4.79 Å². The highest BCUT2D eigenvalue weighted by Crippen LogP contribution is 2.27. The molecule has 0 aliphatic carbocycles. The lowest BCUT2D eigenvalue weighted by molar-refractivity contribution is -0.140. The van der Waals surface area contributed by atoms with Crippen LogP contribution in [0, 0.1) is 5.92 Å². The Morgan fingerprint density at radius 3 is 2.70 bits per heavy atom. The van der Waals surface area contributed by atoms with E-state index in [1.165, 1.54) is 6.07 Å². The summed E-state index contributed by atoms with van der Waals surface area (Å²) < 4.78 is 5.14. The highest BCUT2D eigenvalue weighted by Gasteiger charge is 2.27. The lowest BCUT2D eigenvalue weighted by atomic mass is 9.99. The van der Waals surface area contributed by atoms with Crippen molar-refractivity contribution in [1.29, 1.82) is 0 Å². The molecule has 2 atom stereocenters. The minimum Gasteiger partial charge on any atom is -0.480 e. The molecule has 0 aliphatic heterocycles. The molecule has 2 rings (SSSR count). The summed E-state index contributed by atoms with van der Waals surface area (Å²) in [6.07, 6.45) is 0.626. The van der Waals surface area contributed by atoms with Crippen molar-refractivity contribution >= 4 is 23.5 Å². The number of halogens is 1. The highest BCUT2D eigenvalue weighted by atomic mass is 35.5. The maximum atomic E-state index is 12.2. The minimum atomic E-state index is -1.08. The summed E-state index contributed by atoms with van der Waals surface area (Å²) in [6, 6.07) is 7.46. The Hall–Kier alpha value is -2.34. The van der Waals surface area contributed by atoms with Crippen molar-refractivity contribution in [2.45, 2.75) is 26.3 Å². The van der Waals surface area contributed by atoms with Crippen molar-refractivity contribution < 1.29 is 19.2 Å². The topological polar surface area (TPSA) is 92.4 Å². The molecule has 1 aromatic carbocycles. The Morgan fingerprint density at radius 1 is 1.39 bits per heavy atom. The van der Waals surface area contributed by atoms with Gasteiger partial charge >= 0.3 is 5.97 Å². The van der Waals surface area contributed by atoms with Gasteiger partial charge in [0.05, 0.1) is 5.02 Å². The number of amides is 1. The fourth-order valence-electron chi connectivity index (χ4n) is 2.07. The first-order valence-corrected chi connectivity index (χ1v) is 7.57. The third kappa shape index (κ3) is 3.90. The summed E-state index contributed by atoms with van der Waals surface area (Å²) in [4.78, 5) is 23.4. The van der Waals surface area contributed by atoms with Gasteiger partial charge in [-0.05, 0) is 18.1 Å². The normalized spacial score (nSPS) is 13.3. The van der Waals surface area contributed by atoms with Gasteiger partial charge in [0, 0.05) is 11.6 Å². The van der Waals surface area contributed by atoms with Crippen LogP contribution in [0.3, 0.4) is 0 Å². The molecule has 6 nitrogen and oxygen atoms in total. The van der Waals surface area contributed by atoms with E-state index >= 15 is 0 Å². The molecule has 0 fully saturated rings. The number of benzene rings is 1. The molecule has 2 N–H and O–H groups in total. The van der Waals surface area contributed by atoms with Crippen LogP contribution < -0.4 is 5.32 Å². The van der Waals surface area contributed by atoms with Crippen LogP contribution in [0.2, 0.25) is 5.02 Å². The number of carbonyl (C=O) groups excluding carboxylic acids is 1. The maximum Gasteiger partial charge on any atom is 0.326 e. The molecule has 0 radical (unpaired) electrons. The van der Waals surface area contributed by atoms with Crippen LogP contribution in [0.4, 0.5) is 0 Å². The number of aliphatic carboxylic acids is 1. The Labute approximate surface area is 138 Å². The zero-order valence-corrected chi connectivity index (χ0v) is 13.5. The van der Waals surface area contributed by atoms with Gasteiger partial charge in [-0.25, -0.2) is 4.79 Å². The van der Waals surface area contributed by atoms with Crippen LogP contribution in [-0.4, -0.2) is 28.2 Å².